The third-order valence-electron chi connectivity index (χ3n) is 1.70. The van der Waals surface area contributed by atoms with E-state index in [4.69, 9.17) is 5.84 Å². The quantitative estimate of drug-likeness (QED) is 0.336. The third kappa shape index (κ3) is 6.26. The van der Waals surface area contributed by atoms with Crippen molar-refractivity contribution in [2.45, 2.75) is 13.8 Å². The Kier molecular flexibility index (Phi) is 6.11. The fraction of sp³-hybridized carbons (Fsp3) is 1.00. The SMILES string of the molecule is CCN(CC)CCN(N)O[N+](=O)[O-]. The first-order valence-electron chi connectivity index (χ1n) is 4.17. The number of nitrogens with zero attached hydrogens (tertiary/aromatic N) is 3. The predicted molar refractivity (Wildman–Crippen MR) is 46.8 cm³/mol. The van der Waals surface area contributed by atoms with Crippen LogP contribution in [0.5, 0.6) is 0 Å². The van der Waals surface area contributed by atoms with Gasteiger partial charge in [0.2, 0.25) is 0 Å². The molecule has 0 rings (SSSR count). The highest BCUT2D eigenvalue weighted by Crippen LogP contribution is 1.88. The van der Waals surface area contributed by atoms with Gasteiger partial charge in [0.25, 0.3) is 0 Å². The van der Waals surface area contributed by atoms with E-state index in [0.29, 0.717) is 13.1 Å². The molecule has 78 valence electrons. The summed E-state index contributed by atoms with van der Waals surface area (Å²) in [6, 6.07) is 0. The van der Waals surface area contributed by atoms with Crippen LogP contribution in [-0.4, -0.2) is 41.3 Å². The number of likely N-dealkylation sites (N-methyl/N-ethyl adjacent to an activating group) is 1. The largest absolute Gasteiger partial charge is 0.313 e. The van der Waals surface area contributed by atoms with Gasteiger partial charge in [-0.15, -0.1) is 10.1 Å². The van der Waals surface area contributed by atoms with Gasteiger partial charge in [0.1, 0.15) is 0 Å². The van der Waals surface area contributed by atoms with Gasteiger partial charge >= 0.3 is 5.09 Å². The van der Waals surface area contributed by atoms with Gasteiger partial charge in [0, 0.05) is 6.54 Å². The van der Waals surface area contributed by atoms with Gasteiger partial charge in [-0.05, 0) is 13.1 Å². The molecule has 0 aliphatic carbocycles. The lowest BCUT2D eigenvalue weighted by molar-refractivity contribution is -0.811. The third-order valence-corrected chi connectivity index (χ3v) is 1.70. The van der Waals surface area contributed by atoms with Crippen molar-refractivity contribution >= 4 is 0 Å². The molecule has 0 saturated heterocycles. The van der Waals surface area contributed by atoms with Crippen LogP contribution in [0.1, 0.15) is 13.8 Å². The van der Waals surface area contributed by atoms with Crippen LogP contribution in [0, 0.1) is 10.1 Å². The minimum atomic E-state index is -0.928. The first kappa shape index (κ1) is 12.1. The van der Waals surface area contributed by atoms with Crippen molar-refractivity contribution in [1.29, 1.82) is 0 Å². The lowest BCUT2D eigenvalue weighted by atomic mass is 10.5. The van der Waals surface area contributed by atoms with E-state index in [0.717, 1.165) is 18.3 Å². The van der Waals surface area contributed by atoms with Crippen molar-refractivity contribution in [3.8, 4) is 0 Å². The first-order chi connectivity index (χ1) is 6.10. The summed E-state index contributed by atoms with van der Waals surface area (Å²) in [6.07, 6.45) is 0. The molecule has 0 aromatic carbocycles. The zero-order valence-electron chi connectivity index (χ0n) is 7.97. The molecule has 0 aromatic rings. The van der Waals surface area contributed by atoms with Gasteiger partial charge < -0.3 is 4.90 Å². The van der Waals surface area contributed by atoms with Crippen molar-refractivity contribution in [3.63, 3.8) is 0 Å². The summed E-state index contributed by atoms with van der Waals surface area (Å²) >= 11 is 0. The van der Waals surface area contributed by atoms with Gasteiger partial charge in [-0.1, -0.05) is 19.0 Å². The molecular formula is C6H16N4O3. The van der Waals surface area contributed by atoms with Crippen molar-refractivity contribution in [1.82, 2.24) is 10.1 Å². The fourth-order valence-corrected chi connectivity index (χ4v) is 0.906. The van der Waals surface area contributed by atoms with Gasteiger partial charge in [-0.25, -0.2) is 10.8 Å². The molecule has 7 heteroatoms. The molecule has 0 saturated carbocycles. The summed E-state index contributed by atoms with van der Waals surface area (Å²) in [7, 11) is 0. The predicted octanol–water partition coefficient (Wildman–Crippen LogP) is -0.373. The number of hydrazine groups is 1. The Morgan fingerprint density at radius 2 is 1.92 bits per heavy atom. The number of nitrogens with two attached hydrogens (primary N) is 1. The molecule has 0 bridgehead atoms. The van der Waals surface area contributed by atoms with Gasteiger partial charge in [-0.2, -0.15) is 0 Å². The van der Waals surface area contributed by atoms with Crippen LogP contribution in [0.4, 0.5) is 0 Å². The Bertz CT molecular complexity index is 151. The molecule has 0 aromatic heterocycles. The zero-order valence-corrected chi connectivity index (χ0v) is 7.97. The Labute approximate surface area is 77.1 Å². The monoisotopic (exact) mass is 192 g/mol. The molecule has 0 aliphatic heterocycles. The van der Waals surface area contributed by atoms with Gasteiger partial charge in [-0.3, -0.25) is 0 Å². The fourth-order valence-electron chi connectivity index (χ4n) is 0.906. The topological polar surface area (TPSA) is 84.9 Å². The maximum absolute atomic E-state index is 9.84. The van der Waals surface area contributed by atoms with Gasteiger partial charge in [0.05, 0.1) is 6.54 Å². The molecule has 0 amide bonds. The molecule has 0 spiro atoms. The van der Waals surface area contributed by atoms with E-state index in [-0.39, 0.29) is 0 Å². The highest BCUT2D eigenvalue weighted by atomic mass is 17.0. The minimum absolute atomic E-state index is 0.308. The van der Waals surface area contributed by atoms with E-state index >= 15 is 0 Å². The second-order valence-corrected chi connectivity index (χ2v) is 2.47. The lowest BCUT2D eigenvalue weighted by Gasteiger charge is -2.20. The average Bonchev–Trinajstić information content (AvgIpc) is 2.05. The molecule has 0 heterocycles. The Balaban J connectivity index is 3.55. The normalized spacial score (nSPS) is 10.8. The van der Waals surface area contributed by atoms with Crippen LogP contribution in [0.3, 0.4) is 0 Å². The number of hydroxylamine groups is 1. The van der Waals surface area contributed by atoms with Crippen molar-refractivity contribution < 1.29 is 10.0 Å². The van der Waals surface area contributed by atoms with E-state index in [1.807, 2.05) is 13.8 Å². The molecule has 13 heavy (non-hydrogen) atoms. The van der Waals surface area contributed by atoms with Gasteiger partial charge in [0.15, 0.2) is 0 Å². The summed E-state index contributed by atoms with van der Waals surface area (Å²) in [6.45, 7) is 6.77. The van der Waals surface area contributed by atoms with Crippen LogP contribution in [0.2, 0.25) is 0 Å². The molecule has 0 radical (unpaired) electrons. The Morgan fingerprint density at radius 3 is 2.31 bits per heavy atom. The van der Waals surface area contributed by atoms with E-state index in [1.165, 1.54) is 0 Å². The van der Waals surface area contributed by atoms with E-state index in [1.54, 1.807) is 0 Å². The van der Waals surface area contributed by atoms with Crippen LogP contribution in [-0.2, 0) is 4.94 Å². The summed E-state index contributed by atoms with van der Waals surface area (Å²) in [5, 5.41) is 9.63. The number of hydrogen-bond donors (Lipinski definition) is 1. The maximum Gasteiger partial charge on any atom is 0.313 e. The second kappa shape index (κ2) is 6.58. The van der Waals surface area contributed by atoms with Crippen LogP contribution in [0.15, 0.2) is 0 Å². The molecule has 0 atom stereocenters. The lowest BCUT2D eigenvalue weighted by Crippen LogP contribution is -2.40. The van der Waals surface area contributed by atoms with Crippen molar-refractivity contribution in [2.75, 3.05) is 26.2 Å². The van der Waals surface area contributed by atoms with E-state index in [2.05, 4.69) is 9.84 Å². The first-order valence-corrected chi connectivity index (χ1v) is 4.17. The number of rotatable bonds is 7. The zero-order chi connectivity index (χ0) is 10.3. The Morgan fingerprint density at radius 1 is 1.38 bits per heavy atom. The maximum atomic E-state index is 9.84. The summed E-state index contributed by atoms with van der Waals surface area (Å²) in [4.78, 5) is 15.9. The molecule has 0 aliphatic rings. The van der Waals surface area contributed by atoms with E-state index < -0.39 is 5.09 Å². The van der Waals surface area contributed by atoms with Crippen LogP contribution in [0.25, 0.3) is 0 Å². The highest BCUT2D eigenvalue weighted by molar-refractivity contribution is 4.51. The molecule has 7 nitrogen and oxygen atoms in total. The smallest absolute Gasteiger partial charge is 0.302 e. The van der Waals surface area contributed by atoms with Crippen LogP contribution < -0.4 is 5.84 Å². The summed E-state index contributed by atoms with van der Waals surface area (Å²) < 4.78 is 0. The van der Waals surface area contributed by atoms with Crippen molar-refractivity contribution in [2.24, 2.45) is 5.84 Å². The molecule has 0 fully saturated rings. The Hall–Kier alpha value is -0.920. The summed E-state index contributed by atoms with van der Waals surface area (Å²) in [5.74, 6) is 5.18. The van der Waals surface area contributed by atoms with Crippen molar-refractivity contribution in [3.05, 3.63) is 10.1 Å². The highest BCUT2D eigenvalue weighted by Gasteiger charge is 2.06. The molecule has 2 N–H and O–H groups in total. The standard InChI is InChI=1S/C6H16N4O3/c1-3-8(4-2)5-6-9(7)13-10(11)12/h3-7H2,1-2H3. The molecular weight excluding hydrogens is 176 g/mol. The minimum Gasteiger partial charge on any atom is -0.302 e. The van der Waals surface area contributed by atoms with Crippen LogP contribution >= 0.6 is 0 Å². The second-order valence-electron chi connectivity index (χ2n) is 2.47. The summed E-state index contributed by atoms with van der Waals surface area (Å²) in [5.41, 5.74) is 0. The molecule has 0 unspecified atom stereocenters. The average molecular weight is 192 g/mol. The number of hydrogen-bond acceptors (Lipinski definition) is 6. The van der Waals surface area contributed by atoms with E-state index in [9.17, 15) is 10.1 Å².